The van der Waals surface area contributed by atoms with E-state index >= 15 is 0 Å². The first kappa shape index (κ1) is 14.7. The van der Waals surface area contributed by atoms with E-state index in [1.807, 2.05) is 6.07 Å². The fourth-order valence-corrected chi connectivity index (χ4v) is 3.34. The maximum Gasteiger partial charge on any atom is 0.263 e. The van der Waals surface area contributed by atoms with Gasteiger partial charge in [0.25, 0.3) is 10.0 Å². The van der Waals surface area contributed by atoms with Crippen molar-refractivity contribution in [3.8, 4) is 6.07 Å². The summed E-state index contributed by atoms with van der Waals surface area (Å²) in [7, 11) is -3.88. The number of nitriles is 1. The van der Waals surface area contributed by atoms with E-state index in [9.17, 15) is 8.42 Å². The number of sulfonamides is 1. The van der Waals surface area contributed by atoms with Gasteiger partial charge in [0.2, 0.25) is 0 Å². The van der Waals surface area contributed by atoms with Crippen LogP contribution in [0.25, 0.3) is 0 Å². The van der Waals surface area contributed by atoms with Crippen LogP contribution in [-0.2, 0) is 10.0 Å². The number of benzene rings is 2. The highest BCUT2D eigenvalue weighted by atomic mass is 35.5. The summed E-state index contributed by atoms with van der Waals surface area (Å²) in [6, 6.07) is 12.1. The highest BCUT2D eigenvalue weighted by Crippen LogP contribution is 2.25. The second-order valence-electron chi connectivity index (χ2n) is 3.87. The minimum atomic E-state index is -3.88. The van der Waals surface area contributed by atoms with Gasteiger partial charge in [0.1, 0.15) is 11.0 Å². The van der Waals surface area contributed by atoms with Crippen molar-refractivity contribution in [3.63, 3.8) is 0 Å². The molecule has 1 N–H and O–H groups in total. The maximum atomic E-state index is 12.3. The van der Waals surface area contributed by atoms with Crippen molar-refractivity contribution in [2.45, 2.75) is 4.90 Å². The fourth-order valence-electron chi connectivity index (χ4n) is 1.62. The predicted octanol–water partition coefficient (Wildman–Crippen LogP) is 3.67. The topological polar surface area (TPSA) is 70.0 Å². The average Bonchev–Trinajstić information content (AvgIpc) is 2.36. The standard InChI is InChI=1S/C13H8Cl2N2O2S/c14-10-5-11(15)7-12(6-10)17-20(18,19)13-4-2-1-3-9(13)8-16/h1-7,17H. The maximum absolute atomic E-state index is 12.3. The lowest BCUT2D eigenvalue weighted by atomic mass is 10.2. The summed E-state index contributed by atoms with van der Waals surface area (Å²) in [4.78, 5) is -0.0985. The average molecular weight is 327 g/mol. The second kappa shape index (κ2) is 5.71. The van der Waals surface area contributed by atoms with Crippen LogP contribution in [0.4, 0.5) is 5.69 Å². The lowest BCUT2D eigenvalue weighted by Crippen LogP contribution is -2.14. The Morgan fingerprint density at radius 1 is 1.05 bits per heavy atom. The van der Waals surface area contributed by atoms with Crippen LogP contribution in [0.5, 0.6) is 0 Å². The first-order valence-electron chi connectivity index (χ1n) is 5.40. The molecule has 0 saturated heterocycles. The predicted molar refractivity (Wildman–Crippen MR) is 78.4 cm³/mol. The van der Waals surface area contributed by atoms with Gasteiger partial charge in [0.05, 0.1) is 11.3 Å². The first-order valence-corrected chi connectivity index (χ1v) is 7.64. The number of anilines is 1. The van der Waals surface area contributed by atoms with E-state index in [0.29, 0.717) is 10.0 Å². The van der Waals surface area contributed by atoms with Crippen molar-refractivity contribution in [2.24, 2.45) is 0 Å². The molecular formula is C13H8Cl2N2O2S. The van der Waals surface area contributed by atoms with Crippen molar-refractivity contribution in [1.29, 1.82) is 5.26 Å². The third kappa shape index (κ3) is 3.23. The lowest BCUT2D eigenvalue weighted by molar-refractivity contribution is 0.601. The van der Waals surface area contributed by atoms with E-state index in [1.54, 1.807) is 12.1 Å². The molecule has 0 aliphatic carbocycles. The largest absolute Gasteiger partial charge is 0.279 e. The Kier molecular flexibility index (Phi) is 4.19. The molecule has 0 radical (unpaired) electrons. The summed E-state index contributed by atoms with van der Waals surface area (Å²) >= 11 is 11.6. The summed E-state index contributed by atoms with van der Waals surface area (Å²) in [5.74, 6) is 0. The molecule has 0 aromatic heterocycles. The van der Waals surface area contributed by atoms with Gasteiger partial charge in [-0.25, -0.2) is 8.42 Å². The van der Waals surface area contributed by atoms with Crippen LogP contribution >= 0.6 is 23.2 Å². The van der Waals surface area contributed by atoms with E-state index in [0.717, 1.165) is 0 Å². The molecule has 102 valence electrons. The van der Waals surface area contributed by atoms with Gasteiger partial charge in [-0.05, 0) is 30.3 Å². The van der Waals surface area contributed by atoms with Gasteiger partial charge in [-0.2, -0.15) is 5.26 Å². The number of nitrogens with zero attached hydrogens (tertiary/aromatic N) is 1. The monoisotopic (exact) mass is 326 g/mol. The minimum Gasteiger partial charge on any atom is -0.279 e. The summed E-state index contributed by atoms with van der Waals surface area (Å²) in [5, 5.41) is 9.57. The molecule has 0 unspecified atom stereocenters. The molecule has 2 aromatic rings. The molecule has 20 heavy (non-hydrogen) atoms. The van der Waals surface area contributed by atoms with Crippen molar-refractivity contribution in [2.75, 3.05) is 4.72 Å². The second-order valence-corrected chi connectivity index (χ2v) is 6.40. The Hall–Kier alpha value is -1.74. The minimum absolute atomic E-state index is 0.0631. The smallest absolute Gasteiger partial charge is 0.263 e. The molecule has 0 amide bonds. The van der Waals surface area contributed by atoms with Crippen molar-refractivity contribution in [3.05, 3.63) is 58.1 Å². The van der Waals surface area contributed by atoms with Gasteiger partial charge in [-0.1, -0.05) is 35.3 Å². The van der Waals surface area contributed by atoms with Crippen molar-refractivity contribution >= 4 is 38.9 Å². The zero-order valence-electron chi connectivity index (χ0n) is 9.97. The molecule has 4 nitrogen and oxygen atoms in total. The number of hydrogen-bond acceptors (Lipinski definition) is 3. The highest BCUT2D eigenvalue weighted by Gasteiger charge is 2.18. The SMILES string of the molecule is N#Cc1ccccc1S(=O)(=O)Nc1cc(Cl)cc(Cl)c1. The van der Waals surface area contributed by atoms with Crippen LogP contribution in [0.3, 0.4) is 0 Å². The number of halogens is 2. The van der Waals surface area contributed by atoms with E-state index in [2.05, 4.69) is 4.72 Å². The Labute approximate surface area is 126 Å². The molecule has 0 bridgehead atoms. The zero-order valence-corrected chi connectivity index (χ0v) is 12.3. The summed E-state index contributed by atoms with van der Waals surface area (Å²) < 4.78 is 26.9. The van der Waals surface area contributed by atoms with Gasteiger partial charge in [-0.3, -0.25) is 4.72 Å². The number of nitrogens with one attached hydrogen (secondary N) is 1. The van der Waals surface area contributed by atoms with Gasteiger partial charge in [0, 0.05) is 10.0 Å². The van der Waals surface area contributed by atoms with Gasteiger partial charge in [0.15, 0.2) is 0 Å². The van der Waals surface area contributed by atoms with Crippen LogP contribution in [0.1, 0.15) is 5.56 Å². The quantitative estimate of drug-likeness (QED) is 0.935. The Morgan fingerprint density at radius 2 is 1.65 bits per heavy atom. The first-order chi connectivity index (χ1) is 9.42. The van der Waals surface area contributed by atoms with Gasteiger partial charge < -0.3 is 0 Å². The van der Waals surface area contributed by atoms with Gasteiger partial charge >= 0.3 is 0 Å². The molecule has 2 aromatic carbocycles. The molecule has 0 atom stereocenters. The van der Waals surface area contributed by atoms with E-state index in [1.165, 1.54) is 30.3 Å². The van der Waals surface area contributed by atoms with E-state index in [-0.39, 0.29) is 16.1 Å². The highest BCUT2D eigenvalue weighted by molar-refractivity contribution is 7.92. The summed E-state index contributed by atoms with van der Waals surface area (Å²) in [6.45, 7) is 0. The molecule has 0 saturated carbocycles. The number of hydrogen-bond donors (Lipinski definition) is 1. The van der Waals surface area contributed by atoms with Crippen LogP contribution in [-0.4, -0.2) is 8.42 Å². The van der Waals surface area contributed by atoms with Crippen LogP contribution in [0.2, 0.25) is 10.0 Å². The Morgan fingerprint density at radius 3 is 2.25 bits per heavy atom. The molecule has 2 rings (SSSR count). The molecule has 0 aliphatic rings. The molecule has 0 spiro atoms. The van der Waals surface area contributed by atoms with Crippen molar-refractivity contribution in [1.82, 2.24) is 0 Å². The molecule has 0 aliphatic heterocycles. The van der Waals surface area contributed by atoms with E-state index in [4.69, 9.17) is 28.5 Å². The molecule has 0 heterocycles. The Balaban J connectivity index is 2.44. The molecule has 0 fully saturated rings. The molecule has 7 heteroatoms. The third-order valence-corrected chi connectivity index (χ3v) is 4.29. The lowest BCUT2D eigenvalue weighted by Gasteiger charge is -2.09. The number of rotatable bonds is 3. The van der Waals surface area contributed by atoms with Crippen LogP contribution in [0, 0.1) is 11.3 Å². The zero-order chi connectivity index (χ0) is 14.8. The van der Waals surface area contributed by atoms with Gasteiger partial charge in [-0.15, -0.1) is 0 Å². The fraction of sp³-hybridized carbons (Fsp3) is 0. The Bertz CT molecular complexity index is 778. The van der Waals surface area contributed by atoms with Crippen LogP contribution < -0.4 is 4.72 Å². The summed E-state index contributed by atoms with van der Waals surface area (Å²) in [5.41, 5.74) is 0.295. The van der Waals surface area contributed by atoms with Crippen LogP contribution in [0.15, 0.2) is 47.4 Å². The van der Waals surface area contributed by atoms with E-state index < -0.39 is 10.0 Å². The molecular weight excluding hydrogens is 319 g/mol. The third-order valence-electron chi connectivity index (χ3n) is 2.41. The summed E-state index contributed by atoms with van der Waals surface area (Å²) in [6.07, 6.45) is 0. The normalized spacial score (nSPS) is 10.8. The van der Waals surface area contributed by atoms with Crippen molar-refractivity contribution < 1.29 is 8.42 Å².